The normalized spacial score (nSPS) is 4.14. The second-order valence-corrected chi connectivity index (χ2v) is 1.12. The summed E-state index contributed by atoms with van der Waals surface area (Å²) in [4.78, 5) is 0. The molecule has 0 aliphatic carbocycles. The van der Waals surface area contributed by atoms with Gasteiger partial charge in [0.25, 0.3) is 0 Å². The molecule has 0 aliphatic rings. The summed E-state index contributed by atoms with van der Waals surface area (Å²) >= 11 is 0. The molecule has 0 aromatic rings. The Morgan fingerprint density at radius 2 is 1.43 bits per heavy atom. The van der Waals surface area contributed by atoms with Crippen LogP contribution in [-0.2, 0) is 0 Å². The number of hydrogen-bond donors (Lipinski definition) is 0. The fourth-order valence-electron chi connectivity index (χ4n) is 0. The van der Waals surface area contributed by atoms with E-state index in [2.05, 4.69) is 5.92 Å². The van der Waals surface area contributed by atoms with E-state index in [9.17, 15) is 0 Å². The van der Waals surface area contributed by atoms with Gasteiger partial charge < -0.3 is 18.3 Å². The van der Waals surface area contributed by atoms with Crippen molar-refractivity contribution in [2.45, 2.75) is 13.8 Å². The van der Waals surface area contributed by atoms with Crippen LogP contribution in [0.3, 0.4) is 0 Å². The molecule has 28 valence electrons. The molecule has 0 radical (unpaired) electrons. The first-order valence-corrected chi connectivity index (χ1v) is 1.50. The van der Waals surface area contributed by atoms with Gasteiger partial charge in [0.1, 0.15) is 0 Å². The van der Waals surface area contributed by atoms with E-state index in [-0.39, 0.29) is 37.7 Å². The van der Waals surface area contributed by atoms with Crippen LogP contribution in [-0.4, -0.2) is 0 Å². The smallest absolute Gasteiger partial charge is 0.729 e. The molecule has 0 atom stereocenters. The van der Waals surface area contributed by atoms with E-state index in [0.717, 1.165) is 5.92 Å². The summed E-state index contributed by atoms with van der Waals surface area (Å²) in [5.41, 5.74) is 0. The zero-order chi connectivity index (χ0) is 4.28. The minimum absolute atomic E-state index is 0. The third-order valence-corrected chi connectivity index (χ3v) is 0.250. The van der Waals surface area contributed by atoms with Gasteiger partial charge in [-0.3, -0.25) is 0 Å². The number of rotatable bonds is 0. The molecule has 0 saturated carbocycles. The maximum absolute atomic E-state index is 6.37. The SMILES string of the molecule is [C-]#C[C-](C)C.[Li+].[Li+]. The van der Waals surface area contributed by atoms with Crippen LogP contribution in [0.15, 0.2) is 0 Å². The summed E-state index contributed by atoms with van der Waals surface area (Å²) in [5.74, 6) is 3.12. The summed E-state index contributed by atoms with van der Waals surface area (Å²) in [6.45, 7) is 3.68. The maximum atomic E-state index is 6.37. The molecule has 0 saturated heterocycles. The second-order valence-electron chi connectivity index (χ2n) is 1.12. The van der Waals surface area contributed by atoms with Crippen LogP contribution in [0.4, 0.5) is 0 Å². The van der Waals surface area contributed by atoms with Crippen molar-refractivity contribution in [3.63, 3.8) is 0 Å². The maximum Gasteiger partial charge on any atom is 1.00 e. The predicted molar refractivity (Wildman–Crippen MR) is 21.7 cm³/mol. The number of hydrogen-bond acceptors (Lipinski definition) is 0. The Bertz CT molecular complexity index is 51.6. The molecule has 0 heterocycles. The Morgan fingerprint density at radius 3 is 1.43 bits per heavy atom. The molecule has 0 N–H and O–H groups in total. The van der Waals surface area contributed by atoms with E-state index >= 15 is 0 Å². The minimum atomic E-state index is 0. The fourth-order valence-corrected chi connectivity index (χ4v) is 0. The van der Waals surface area contributed by atoms with Crippen molar-refractivity contribution in [2.24, 2.45) is 0 Å². The van der Waals surface area contributed by atoms with E-state index in [1.54, 1.807) is 0 Å². The van der Waals surface area contributed by atoms with Crippen LogP contribution in [0.1, 0.15) is 13.8 Å². The predicted octanol–water partition coefficient (Wildman–Crippen LogP) is -4.80. The van der Waals surface area contributed by atoms with Crippen LogP contribution in [0.2, 0.25) is 0 Å². The van der Waals surface area contributed by atoms with Gasteiger partial charge in [-0.05, 0) is 0 Å². The summed E-state index contributed by atoms with van der Waals surface area (Å²) in [6.07, 6.45) is 6.37. The van der Waals surface area contributed by atoms with Crippen molar-refractivity contribution >= 4 is 0 Å². The zero-order valence-corrected chi connectivity index (χ0v) is 5.50. The van der Waals surface area contributed by atoms with Crippen molar-refractivity contribution in [3.05, 3.63) is 12.3 Å². The summed E-state index contributed by atoms with van der Waals surface area (Å²) in [5, 5.41) is 0. The molecule has 0 aromatic heterocycles. The van der Waals surface area contributed by atoms with Gasteiger partial charge in [0.15, 0.2) is 0 Å². The summed E-state index contributed by atoms with van der Waals surface area (Å²) in [7, 11) is 0. The standard InChI is InChI=1S/C5H6.2Li/c1-4-5(2)3;;/h2-3H3;;/q-2;2*+1. The Kier molecular flexibility index (Phi) is 21.9. The first-order chi connectivity index (χ1) is 2.27. The summed E-state index contributed by atoms with van der Waals surface area (Å²) in [6, 6.07) is 0. The quantitative estimate of drug-likeness (QED) is 0.156. The third kappa shape index (κ3) is 20.6. The molecule has 2 heteroatoms. The van der Waals surface area contributed by atoms with Gasteiger partial charge in [0.2, 0.25) is 0 Å². The Hall–Kier alpha value is 0.625. The molecule has 0 aliphatic heterocycles. The average molecular weight is 80.0 g/mol. The first kappa shape index (κ1) is 15.6. The van der Waals surface area contributed by atoms with Gasteiger partial charge in [-0.15, -0.1) is 0 Å². The van der Waals surface area contributed by atoms with Gasteiger partial charge >= 0.3 is 37.7 Å². The zero-order valence-electron chi connectivity index (χ0n) is 5.50. The van der Waals surface area contributed by atoms with Gasteiger partial charge in [-0.2, -0.15) is 13.8 Å². The van der Waals surface area contributed by atoms with Crippen LogP contribution in [0.5, 0.6) is 0 Å². The molecule has 7 heavy (non-hydrogen) atoms. The molecule has 0 spiro atoms. The van der Waals surface area contributed by atoms with Gasteiger partial charge in [0.05, 0.1) is 0 Å². The largest absolute Gasteiger partial charge is 1.00 e. The molecular formula is C5H6Li2. The fraction of sp³-hybridized carbons (Fsp3) is 0.400. The summed E-state index contributed by atoms with van der Waals surface area (Å²) < 4.78 is 0. The van der Waals surface area contributed by atoms with E-state index in [1.165, 1.54) is 0 Å². The minimum Gasteiger partial charge on any atom is -0.729 e. The van der Waals surface area contributed by atoms with Crippen LogP contribution in [0, 0.1) is 18.3 Å². The molecule has 0 rings (SSSR count). The van der Waals surface area contributed by atoms with Crippen LogP contribution in [0.25, 0.3) is 0 Å². The monoisotopic (exact) mass is 80.1 g/mol. The topological polar surface area (TPSA) is 0 Å². The molecule has 0 amide bonds. The van der Waals surface area contributed by atoms with Crippen molar-refractivity contribution in [2.75, 3.05) is 0 Å². The second kappa shape index (κ2) is 9.80. The van der Waals surface area contributed by atoms with E-state index in [0.29, 0.717) is 0 Å². The van der Waals surface area contributed by atoms with Crippen LogP contribution >= 0.6 is 0 Å². The third-order valence-electron chi connectivity index (χ3n) is 0.250. The average Bonchev–Trinajstić information content (AvgIpc) is 1.38. The Labute approximate surface area is 69.8 Å². The molecule has 0 unspecified atom stereocenters. The van der Waals surface area contributed by atoms with Gasteiger partial charge in [0, 0.05) is 0 Å². The molecule has 0 nitrogen and oxygen atoms in total. The molecule has 0 fully saturated rings. The molecule has 0 bridgehead atoms. The molecule has 0 aromatic carbocycles. The Balaban J connectivity index is -0.0000000800. The first-order valence-electron chi connectivity index (χ1n) is 1.50. The van der Waals surface area contributed by atoms with E-state index < -0.39 is 0 Å². The van der Waals surface area contributed by atoms with E-state index in [1.807, 2.05) is 13.8 Å². The van der Waals surface area contributed by atoms with Crippen molar-refractivity contribution < 1.29 is 37.7 Å². The molecular weight excluding hydrogens is 73.9 g/mol. The van der Waals surface area contributed by atoms with E-state index in [4.69, 9.17) is 6.42 Å². The van der Waals surface area contributed by atoms with Crippen molar-refractivity contribution in [1.29, 1.82) is 0 Å². The van der Waals surface area contributed by atoms with Gasteiger partial charge in [-0.25, -0.2) is 0 Å². The Morgan fingerprint density at radius 1 is 1.29 bits per heavy atom. The van der Waals surface area contributed by atoms with Crippen LogP contribution < -0.4 is 37.7 Å². The van der Waals surface area contributed by atoms with Gasteiger partial charge in [-0.1, -0.05) is 0 Å². The van der Waals surface area contributed by atoms with Crippen molar-refractivity contribution in [3.8, 4) is 5.92 Å². The van der Waals surface area contributed by atoms with Crippen molar-refractivity contribution in [1.82, 2.24) is 0 Å².